The molecule has 0 radical (unpaired) electrons. The number of nitrogens with two attached hydrogens (primary N) is 1. The molecule has 0 aromatic rings. The average Bonchev–Trinajstić information content (AvgIpc) is 1.68. The Kier molecular flexibility index (Phi) is 5.59. The van der Waals surface area contributed by atoms with Crippen LogP contribution < -0.4 is 5.73 Å². The van der Waals surface area contributed by atoms with E-state index < -0.39 is 0 Å². The van der Waals surface area contributed by atoms with Crippen molar-refractivity contribution < 1.29 is 5.11 Å². The Morgan fingerprint density at radius 3 is 2.75 bits per heavy atom. The molecule has 0 aliphatic carbocycles. The van der Waals surface area contributed by atoms with Crippen LogP contribution in [0, 0.1) is 0 Å². The first-order valence-corrected chi connectivity index (χ1v) is 4.06. The van der Waals surface area contributed by atoms with Crippen molar-refractivity contribution in [3.63, 3.8) is 0 Å². The van der Waals surface area contributed by atoms with Gasteiger partial charge in [0.05, 0.1) is 0 Å². The molecule has 50 valence electrons. The number of thioether (sulfide) groups is 1. The smallest absolute Gasteiger partial charge is 0.0446 e. The summed E-state index contributed by atoms with van der Waals surface area (Å²) >= 11 is 1.71. The van der Waals surface area contributed by atoms with E-state index in [1.165, 1.54) is 0 Å². The molecule has 0 aromatic carbocycles. The highest BCUT2D eigenvalue weighted by molar-refractivity contribution is 7.98. The third-order valence-electron chi connectivity index (χ3n) is 0.881. The topological polar surface area (TPSA) is 46.2 Å². The monoisotopic (exact) mass is 135 g/mol. The van der Waals surface area contributed by atoms with Gasteiger partial charge in [-0.05, 0) is 12.7 Å². The van der Waals surface area contributed by atoms with Gasteiger partial charge in [-0.15, -0.1) is 0 Å². The molecule has 0 fully saturated rings. The van der Waals surface area contributed by atoms with Gasteiger partial charge in [-0.3, -0.25) is 0 Å². The van der Waals surface area contributed by atoms with Gasteiger partial charge in [-0.25, -0.2) is 0 Å². The summed E-state index contributed by atoms with van der Waals surface area (Å²) in [7, 11) is 0. The molecule has 3 heteroatoms. The van der Waals surface area contributed by atoms with Gasteiger partial charge < -0.3 is 10.8 Å². The van der Waals surface area contributed by atoms with Crippen LogP contribution in [0.2, 0.25) is 0 Å². The van der Waals surface area contributed by atoms with Crippen LogP contribution in [0.1, 0.15) is 6.42 Å². The predicted molar refractivity (Wildman–Crippen MR) is 38.1 cm³/mol. The predicted octanol–water partition coefficient (Wildman–Crippen LogP) is 0.0591. The van der Waals surface area contributed by atoms with Gasteiger partial charge in [0.15, 0.2) is 0 Å². The molecule has 0 saturated carbocycles. The highest BCUT2D eigenvalue weighted by Gasteiger charge is 1.97. The van der Waals surface area contributed by atoms with Gasteiger partial charge in [0.1, 0.15) is 0 Å². The SMILES string of the molecule is CSC[C@H](N)CCO. The van der Waals surface area contributed by atoms with Crippen molar-refractivity contribution in [1.29, 1.82) is 0 Å². The van der Waals surface area contributed by atoms with Crippen LogP contribution in [0.3, 0.4) is 0 Å². The van der Waals surface area contributed by atoms with Gasteiger partial charge in [-0.2, -0.15) is 11.8 Å². The molecule has 0 aliphatic rings. The molecule has 0 aromatic heterocycles. The molecule has 0 aliphatic heterocycles. The van der Waals surface area contributed by atoms with E-state index in [0.29, 0.717) is 0 Å². The van der Waals surface area contributed by atoms with Crippen molar-refractivity contribution in [2.75, 3.05) is 18.6 Å². The third-order valence-corrected chi connectivity index (χ3v) is 1.64. The van der Waals surface area contributed by atoms with Crippen molar-refractivity contribution in [2.45, 2.75) is 12.5 Å². The van der Waals surface area contributed by atoms with Gasteiger partial charge in [-0.1, -0.05) is 0 Å². The molecule has 0 unspecified atom stereocenters. The minimum atomic E-state index is 0.176. The van der Waals surface area contributed by atoms with Crippen LogP contribution in [0.15, 0.2) is 0 Å². The number of hydrogen-bond acceptors (Lipinski definition) is 3. The fourth-order valence-corrected chi connectivity index (χ4v) is 1.06. The number of aliphatic hydroxyl groups excluding tert-OH is 1. The molecule has 0 rings (SSSR count). The van der Waals surface area contributed by atoms with Gasteiger partial charge in [0, 0.05) is 18.4 Å². The molecule has 0 spiro atoms. The zero-order chi connectivity index (χ0) is 6.41. The number of rotatable bonds is 4. The number of hydrogen-bond donors (Lipinski definition) is 2. The zero-order valence-corrected chi connectivity index (χ0v) is 5.95. The van der Waals surface area contributed by atoms with E-state index in [1.54, 1.807) is 11.8 Å². The Hall–Kier alpha value is 0.270. The summed E-state index contributed by atoms with van der Waals surface area (Å²) in [5.74, 6) is 0.945. The molecule has 1 atom stereocenters. The van der Waals surface area contributed by atoms with Gasteiger partial charge >= 0.3 is 0 Å². The second kappa shape index (κ2) is 5.41. The van der Waals surface area contributed by atoms with Gasteiger partial charge in [0.25, 0.3) is 0 Å². The molecule has 8 heavy (non-hydrogen) atoms. The molecule has 0 heterocycles. The second-order valence-corrected chi connectivity index (χ2v) is 2.64. The first kappa shape index (κ1) is 8.27. The van der Waals surface area contributed by atoms with E-state index in [1.807, 2.05) is 6.26 Å². The molecular formula is C5H13NOS. The second-order valence-electron chi connectivity index (χ2n) is 1.73. The highest BCUT2D eigenvalue weighted by Crippen LogP contribution is 1.96. The molecule has 0 amide bonds. The zero-order valence-electron chi connectivity index (χ0n) is 5.13. The minimum Gasteiger partial charge on any atom is -0.396 e. The standard InChI is InChI=1S/C5H13NOS/c1-8-4-5(6)2-3-7/h5,7H,2-4,6H2,1H3/t5-/m1/s1. The third kappa shape index (κ3) is 4.43. The van der Waals surface area contributed by atoms with E-state index >= 15 is 0 Å². The van der Waals surface area contributed by atoms with Crippen LogP contribution in [-0.4, -0.2) is 29.8 Å². The van der Waals surface area contributed by atoms with Crippen molar-refractivity contribution in [1.82, 2.24) is 0 Å². The van der Waals surface area contributed by atoms with Crippen molar-refractivity contribution >= 4 is 11.8 Å². The Morgan fingerprint density at radius 2 is 2.38 bits per heavy atom. The summed E-state index contributed by atoms with van der Waals surface area (Å²) in [6.07, 6.45) is 2.73. The van der Waals surface area contributed by atoms with E-state index in [-0.39, 0.29) is 12.6 Å². The Balaban J connectivity index is 2.92. The molecule has 3 N–H and O–H groups in total. The van der Waals surface area contributed by atoms with Crippen LogP contribution in [0.5, 0.6) is 0 Å². The number of aliphatic hydroxyl groups is 1. The van der Waals surface area contributed by atoms with E-state index in [9.17, 15) is 0 Å². The molecule has 0 saturated heterocycles. The first-order chi connectivity index (χ1) is 3.81. The molecule has 2 nitrogen and oxygen atoms in total. The summed E-state index contributed by atoms with van der Waals surface area (Å²) < 4.78 is 0. The maximum absolute atomic E-state index is 8.37. The molecule has 0 bridgehead atoms. The van der Waals surface area contributed by atoms with Crippen molar-refractivity contribution in [3.8, 4) is 0 Å². The normalized spacial score (nSPS) is 13.9. The summed E-state index contributed by atoms with van der Waals surface area (Å²) in [6.45, 7) is 0.210. The lowest BCUT2D eigenvalue weighted by atomic mass is 10.3. The Labute approximate surface area is 54.5 Å². The van der Waals surface area contributed by atoms with E-state index in [0.717, 1.165) is 12.2 Å². The minimum absolute atomic E-state index is 0.176. The van der Waals surface area contributed by atoms with Crippen LogP contribution in [-0.2, 0) is 0 Å². The summed E-state index contributed by atoms with van der Waals surface area (Å²) in [6, 6.07) is 0.176. The lowest BCUT2D eigenvalue weighted by Crippen LogP contribution is -2.23. The average molecular weight is 135 g/mol. The van der Waals surface area contributed by atoms with Crippen LogP contribution in [0.4, 0.5) is 0 Å². The van der Waals surface area contributed by atoms with Crippen LogP contribution in [0.25, 0.3) is 0 Å². The largest absolute Gasteiger partial charge is 0.396 e. The Morgan fingerprint density at radius 1 is 1.75 bits per heavy atom. The lowest BCUT2D eigenvalue weighted by Gasteiger charge is -2.05. The summed E-state index contributed by atoms with van der Waals surface area (Å²) in [4.78, 5) is 0. The maximum Gasteiger partial charge on any atom is 0.0446 e. The summed E-state index contributed by atoms with van der Waals surface area (Å²) in [5, 5.41) is 8.37. The summed E-state index contributed by atoms with van der Waals surface area (Å²) in [5.41, 5.74) is 5.51. The Bertz CT molecular complexity index is 45.7. The van der Waals surface area contributed by atoms with Crippen molar-refractivity contribution in [3.05, 3.63) is 0 Å². The fraction of sp³-hybridized carbons (Fsp3) is 1.00. The highest BCUT2D eigenvalue weighted by atomic mass is 32.2. The maximum atomic E-state index is 8.37. The van der Waals surface area contributed by atoms with E-state index in [4.69, 9.17) is 10.8 Å². The van der Waals surface area contributed by atoms with Gasteiger partial charge in [0.2, 0.25) is 0 Å². The lowest BCUT2D eigenvalue weighted by molar-refractivity contribution is 0.279. The fourth-order valence-electron chi connectivity index (χ4n) is 0.463. The molecular weight excluding hydrogens is 122 g/mol. The van der Waals surface area contributed by atoms with E-state index in [2.05, 4.69) is 0 Å². The van der Waals surface area contributed by atoms with Crippen LogP contribution >= 0.6 is 11.8 Å². The quantitative estimate of drug-likeness (QED) is 0.573. The first-order valence-electron chi connectivity index (χ1n) is 2.66. The van der Waals surface area contributed by atoms with Crippen molar-refractivity contribution in [2.24, 2.45) is 5.73 Å².